The summed E-state index contributed by atoms with van der Waals surface area (Å²) in [7, 11) is 1.55. The van der Waals surface area contributed by atoms with Gasteiger partial charge in [0, 0.05) is 25.3 Å². The molecule has 0 aromatic heterocycles. The Morgan fingerprint density at radius 3 is 2.39 bits per heavy atom. The van der Waals surface area contributed by atoms with Crippen molar-refractivity contribution in [2.24, 2.45) is 4.99 Å². The Bertz CT molecular complexity index is 1490. The Hall–Kier alpha value is -2.84. The van der Waals surface area contributed by atoms with Crippen LogP contribution in [0.3, 0.4) is 0 Å². The van der Waals surface area contributed by atoms with E-state index in [1.165, 1.54) is 36.7 Å². The molecule has 0 unspecified atom stereocenters. The van der Waals surface area contributed by atoms with Gasteiger partial charge in [-0.25, -0.2) is 4.99 Å². The first-order valence-electron chi connectivity index (χ1n) is 13.5. The number of hydrogen-bond acceptors (Lipinski definition) is 6. The monoisotopic (exact) mass is 629 g/mol. The lowest BCUT2D eigenvalue weighted by molar-refractivity contribution is -0.122. The van der Waals surface area contributed by atoms with Crippen molar-refractivity contribution in [1.29, 1.82) is 0 Å². The Morgan fingerprint density at radius 2 is 1.71 bits per heavy atom. The zero-order valence-corrected chi connectivity index (χ0v) is 25.9. The van der Waals surface area contributed by atoms with E-state index in [9.17, 15) is 4.79 Å². The van der Waals surface area contributed by atoms with Gasteiger partial charge < -0.3 is 14.4 Å². The molecule has 2 saturated heterocycles. The fourth-order valence-electron chi connectivity index (χ4n) is 4.77. The molecular formula is C31H30Cl3N3O3S. The summed E-state index contributed by atoms with van der Waals surface area (Å²) >= 11 is 20.1. The van der Waals surface area contributed by atoms with Crippen LogP contribution >= 0.6 is 46.6 Å². The molecule has 10 heteroatoms. The summed E-state index contributed by atoms with van der Waals surface area (Å²) in [5.74, 6) is 0.754. The van der Waals surface area contributed by atoms with Gasteiger partial charge in [0.15, 0.2) is 16.7 Å². The first kappa shape index (κ1) is 29.6. The summed E-state index contributed by atoms with van der Waals surface area (Å²) in [6, 6.07) is 17.1. The zero-order valence-electron chi connectivity index (χ0n) is 22.8. The number of rotatable bonds is 8. The summed E-state index contributed by atoms with van der Waals surface area (Å²) in [6.45, 7) is 4.87. The molecule has 41 heavy (non-hydrogen) atoms. The topological polar surface area (TPSA) is 54.4 Å². The predicted molar refractivity (Wildman–Crippen MR) is 171 cm³/mol. The van der Waals surface area contributed by atoms with Crippen molar-refractivity contribution < 1.29 is 14.3 Å². The highest BCUT2D eigenvalue weighted by Gasteiger charge is 2.32. The first-order valence-corrected chi connectivity index (χ1v) is 15.4. The van der Waals surface area contributed by atoms with E-state index in [2.05, 4.69) is 17.0 Å². The standard InChI is InChI=1S/C31H30Cl3N3O3S/c1-3-37-30(38)28(41-31(37)35-22-8-10-23(11-9-22)36-13-5-4-6-14-36)18-21-16-26(34)29(27(17-21)39-2)40-19-20-7-12-24(32)25(33)15-20/h7-12,15-18H,3-6,13-14,19H2,1-2H3/b28-18-,35-31?. The quantitative estimate of drug-likeness (QED) is 0.233. The number of anilines is 1. The molecule has 2 aliphatic heterocycles. The van der Waals surface area contributed by atoms with Crippen LogP contribution in [-0.2, 0) is 11.4 Å². The van der Waals surface area contributed by atoms with E-state index < -0.39 is 0 Å². The van der Waals surface area contributed by atoms with Crippen LogP contribution < -0.4 is 14.4 Å². The van der Waals surface area contributed by atoms with Crippen LogP contribution in [0.25, 0.3) is 6.08 Å². The summed E-state index contributed by atoms with van der Waals surface area (Å²) in [4.78, 5) is 22.7. The van der Waals surface area contributed by atoms with Gasteiger partial charge in [0.25, 0.3) is 5.91 Å². The molecule has 2 heterocycles. The minimum absolute atomic E-state index is 0.101. The largest absolute Gasteiger partial charge is 0.493 e. The van der Waals surface area contributed by atoms with Crippen LogP contribution in [0.5, 0.6) is 11.5 Å². The molecule has 214 valence electrons. The maximum Gasteiger partial charge on any atom is 0.266 e. The van der Waals surface area contributed by atoms with Gasteiger partial charge in [-0.1, -0.05) is 40.9 Å². The molecular weight excluding hydrogens is 601 g/mol. The Labute approximate surface area is 259 Å². The number of nitrogens with zero attached hydrogens (tertiary/aromatic N) is 3. The number of amidine groups is 1. The fraction of sp³-hybridized carbons (Fsp3) is 0.290. The lowest BCUT2D eigenvalue weighted by atomic mass is 10.1. The SMILES string of the molecule is CCN1C(=O)/C(=C/c2cc(Cl)c(OCc3ccc(Cl)c(Cl)c3)c(OC)c2)SC1=Nc1ccc(N2CCCCC2)cc1. The number of thioether (sulfide) groups is 1. The predicted octanol–water partition coefficient (Wildman–Crippen LogP) is 8.85. The number of ether oxygens (including phenoxy) is 2. The highest BCUT2D eigenvalue weighted by Crippen LogP contribution is 2.40. The number of amides is 1. The van der Waals surface area contributed by atoms with Crippen LogP contribution in [0.1, 0.15) is 37.3 Å². The van der Waals surface area contributed by atoms with Crippen LogP contribution in [0, 0.1) is 0 Å². The van der Waals surface area contributed by atoms with Crippen molar-refractivity contribution in [3.05, 3.63) is 85.7 Å². The van der Waals surface area contributed by atoms with Gasteiger partial charge in [-0.3, -0.25) is 9.69 Å². The first-order chi connectivity index (χ1) is 19.9. The van der Waals surface area contributed by atoms with Gasteiger partial charge in [-0.15, -0.1) is 0 Å². The van der Waals surface area contributed by atoms with E-state index >= 15 is 0 Å². The number of halogens is 3. The smallest absolute Gasteiger partial charge is 0.266 e. The summed E-state index contributed by atoms with van der Waals surface area (Å²) in [5, 5.41) is 1.93. The Balaban J connectivity index is 1.34. The number of hydrogen-bond donors (Lipinski definition) is 0. The Morgan fingerprint density at radius 1 is 0.951 bits per heavy atom. The van der Waals surface area contributed by atoms with E-state index in [0.29, 0.717) is 48.7 Å². The van der Waals surface area contributed by atoms with Gasteiger partial charge in [0.2, 0.25) is 0 Å². The second-order valence-corrected chi connectivity index (χ2v) is 11.9. The molecule has 0 bridgehead atoms. The third kappa shape index (κ3) is 6.97. The molecule has 2 fully saturated rings. The van der Waals surface area contributed by atoms with E-state index in [1.54, 1.807) is 42.4 Å². The third-order valence-corrected chi connectivity index (χ3v) is 8.94. The molecule has 3 aromatic rings. The third-order valence-electron chi connectivity index (χ3n) is 6.92. The van der Waals surface area contributed by atoms with E-state index in [-0.39, 0.29) is 12.5 Å². The van der Waals surface area contributed by atoms with Crippen molar-refractivity contribution in [1.82, 2.24) is 4.90 Å². The van der Waals surface area contributed by atoms with Crippen molar-refractivity contribution in [2.75, 3.05) is 31.6 Å². The van der Waals surface area contributed by atoms with Gasteiger partial charge in [0.05, 0.1) is 32.8 Å². The molecule has 0 atom stereocenters. The molecule has 0 aliphatic carbocycles. The molecule has 1 amide bonds. The number of benzene rings is 3. The summed E-state index contributed by atoms with van der Waals surface area (Å²) in [6.07, 6.45) is 5.56. The normalized spacial score (nSPS) is 17.5. The number of methoxy groups -OCH3 is 1. The average molecular weight is 631 g/mol. The number of piperidine rings is 1. The number of carbonyl (C=O) groups excluding carboxylic acids is 1. The minimum Gasteiger partial charge on any atom is -0.493 e. The van der Waals surface area contributed by atoms with Gasteiger partial charge in [-0.05, 0) is 104 Å². The molecule has 2 aliphatic rings. The zero-order chi connectivity index (χ0) is 28.9. The molecule has 6 nitrogen and oxygen atoms in total. The summed E-state index contributed by atoms with van der Waals surface area (Å²) < 4.78 is 11.5. The van der Waals surface area contributed by atoms with Crippen LogP contribution in [0.2, 0.25) is 15.1 Å². The lowest BCUT2D eigenvalue weighted by Crippen LogP contribution is -2.29. The van der Waals surface area contributed by atoms with Gasteiger partial charge in [0.1, 0.15) is 6.61 Å². The van der Waals surface area contributed by atoms with E-state index in [0.717, 1.165) is 24.3 Å². The number of likely N-dealkylation sites (N-methyl/N-ethyl adjacent to an activating group) is 1. The molecule has 0 spiro atoms. The second kappa shape index (κ2) is 13.4. The minimum atomic E-state index is -0.101. The fourth-order valence-corrected chi connectivity index (χ4v) is 6.43. The van der Waals surface area contributed by atoms with Crippen molar-refractivity contribution in [2.45, 2.75) is 32.8 Å². The van der Waals surface area contributed by atoms with Crippen molar-refractivity contribution in [3.63, 3.8) is 0 Å². The van der Waals surface area contributed by atoms with Gasteiger partial charge >= 0.3 is 0 Å². The van der Waals surface area contributed by atoms with E-state index in [4.69, 9.17) is 49.3 Å². The van der Waals surface area contributed by atoms with Crippen LogP contribution in [-0.4, -0.2) is 42.7 Å². The molecule has 0 N–H and O–H groups in total. The summed E-state index contributed by atoms with van der Waals surface area (Å²) in [5.41, 5.74) is 3.58. The van der Waals surface area contributed by atoms with Crippen molar-refractivity contribution >= 4 is 75.1 Å². The molecule has 0 radical (unpaired) electrons. The highest BCUT2D eigenvalue weighted by molar-refractivity contribution is 8.18. The molecule has 5 rings (SSSR count). The van der Waals surface area contributed by atoms with E-state index in [1.807, 2.05) is 25.1 Å². The highest BCUT2D eigenvalue weighted by atomic mass is 35.5. The average Bonchev–Trinajstić information content (AvgIpc) is 3.27. The maximum atomic E-state index is 13.3. The molecule has 3 aromatic carbocycles. The molecule has 0 saturated carbocycles. The maximum absolute atomic E-state index is 13.3. The van der Waals surface area contributed by atoms with Crippen molar-refractivity contribution in [3.8, 4) is 11.5 Å². The van der Waals surface area contributed by atoms with Crippen LogP contribution in [0.15, 0.2) is 64.5 Å². The Kier molecular flexibility index (Phi) is 9.71. The lowest BCUT2D eigenvalue weighted by Gasteiger charge is -2.28. The number of aliphatic imine (C=N–C) groups is 1. The second-order valence-electron chi connectivity index (χ2n) is 9.69. The van der Waals surface area contributed by atoms with Crippen LogP contribution in [0.4, 0.5) is 11.4 Å². The van der Waals surface area contributed by atoms with Gasteiger partial charge in [-0.2, -0.15) is 0 Å². The number of carbonyl (C=O) groups is 1.